The van der Waals surface area contributed by atoms with Crippen molar-refractivity contribution in [2.45, 2.75) is 26.4 Å². The molecule has 3 nitrogen and oxygen atoms in total. The van der Waals surface area contributed by atoms with Gasteiger partial charge < -0.3 is 9.84 Å². The van der Waals surface area contributed by atoms with Gasteiger partial charge in [0.1, 0.15) is 5.75 Å². The highest BCUT2D eigenvalue weighted by atomic mass is 16.5. The summed E-state index contributed by atoms with van der Waals surface area (Å²) in [7, 11) is 1.63. The van der Waals surface area contributed by atoms with Crippen LogP contribution in [-0.2, 0) is 0 Å². The number of nitrogens with zero attached hydrogens (tertiary/aromatic N) is 1. The van der Waals surface area contributed by atoms with Crippen LogP contribution in [0, 0.1) is 16.7 Å². The van der Waals surface area contributed by atoms with Crippen molar-refractivity contribution in [3.63, 3.8) is 0 Å². The molecule has 0 radical (unpaired) electrons. The third-order valence-corrected chi connectivity index (χ3v) is 4.03. The molecule has 0 aliphatic carbocycles. The average molecular weight is 269 g/mol. The van der Waals surface area contributed by atoms with Crippen molar-refractivity contribution < 1.29 is 9.84 Å². The number of fused-ring (bicyclic) bond motifs is 1. The maximum Gasteiger partial charge on any atom is 0.126 e. The van der Waals surface area contributed by atoms with Gasteiger partial charge in [-0.25, -0.2) is 0 Å². The second-order valence-electron chi connectivity index (χ2n) is 5.19. The van der Waals surface area contributed by atoms with Gasteiger partial charge in [-0.1, -0.05) is 37.3 Å². The molecule has 2 unspecified atom stereocenters. The number of hydrogen-bond acceptors (Lipinski definition) is 3. The number of rotatable bonds is 4. The van der Waals surface area contributed by atoms with Gasteiger partial charge >= 0.3 is 0 Å². The highest BCUT2D eigenvalue weighted by Crippen LogP contribution is 2.40. The lowest BCUT2D eigenvalue weighted by Crippen LogP contribution is -2.23. The molecule has 0 aliphatic rings. The van der Waals surface area contributed by atoms with Gasteiger partial charge in [-0.05, 0) is 30.4 Å². The minimum Gasteiger partial charge on any atom is -0.496 e. The van der Waals surface area contributed by atoms with Crippen LogP contribution in [0.4, 0.5) is 0 Å². The van der Waals surface area contributed by atoms with Gasteiger partial charge in [0.2, 0.25) is 0 Å². The molecule has 2 aromatic carbocycles. The van der Waals surface area contributed by atoms with E-state index in [1.54, 1.807) is 14.0 Å². The number of nitriles is 1. The second kappa shape index (κ2) is 5.52. The summed E-state index contributed by atoms with van der Waals surface area (Å²) in [6, 6.07) is 13.7. The van der Waals surface area contributed by atoms with E-state index in [1.165, 1.54) is 0 Å². The first-order valence-electron chi connectivity index (χ1n) is 6.72. The Morgan fingerprint density at radius 1 is 1.25 bits per heavy atom. The highest BCUT2D eigenvalue weighted by Gasteiger charge is 2.33. The maximum absolute atomic E-state index is 10.6. The zero-order valence-corrected chi connectivity index (χ0v) is 12.1. The first kappa shape index (κ1) is 14.4. The predicted molar refractivity (Wildman–Crippen MR) is 79.5 cm³/mol. The number of aliphatic hydroxyl groups excluding tert-OH is 1. The van der Waals surface area contributed by atoms with Crippen LogP contribution in [0.15, 0.2) is 36.4 Å². The molecule has 0 saturated heterocycles. The van der Waals surface area contributed by atoms with Crippen molar-refractivity contribution in [2.24, 2.45) is 5.41 Å². The Morgan fingerprint density at radius 3 is 2.45 bits per heavy atom. The van der Waals surface area contributed by atoms with Crippen LogP contribution in [0.25, 0.3) is 10.8 Å². The molecule has 0 amide bonds. The zero-order chi connectivity index (χ0) is 14.8. The molecule has 20 heavy (non-hydrogen) atoms. The first-order chi connectivity index (χ1) is 9.57. The Balaban J connectivity index is 2.65. The van der Waals surface area contributed by atoms with E-state index in [2.05, 4.69) is 6.07 Å². The topological polar surface area (TPSA) is 53.2 Å². The third kappa shape index (κ3) is 2.23. The molecule has 0 fully saturated rings. The van der Waals surface area contributed by atoms with Crippen LogP contribution in [0.1, 0.15) is 31.9 Å². The monoisotopic (exact) mass is 269 g/mol. The third-order valence-electron chi connectivity index (χ3n) is 4.03. The summed E-state index contributed by atoms with van der Waals surface area (Å²) in [5, 5.41) is 21.9. The summed E-state index contributed by atoms with van der Waals surface area (Å²) in [5.74, 6) is 0.770. The molecule has 0 bridgehead atoms. The number of methoxy groups -OCH3 is 1. The van der Waals surface area contributed by atoms with Gasteiger partial charge in [0.05, 0.1) is 24.7 Å². The zero-order valence-electron chi connectivity index (χ0n) is 12.1. The van der Waals surface area contributed by atoms with Crippen LogP contribution >= 0.6 is 0 Å². The Labute approximate surface area is 119 Å². The molecule has 1 N–H and O–H groups in total. The SMILES string of the molecule is CCC(C)(C#N)C(O)c1ccc(OC)c2ccccc12. The van der Waals surface area contributed by atoms with Crippen LogP contribution in [-0.4, -0.2) is 12.2 Å². The molecule has 0 heterocycles. The highest BCUT2D eigenvalue weighted by molar-refractivity contribution is 5.91. The Bertz CT molecular complexity index is 660. The molecule has 0 aliphatic heterocycles. The fourth-order valence-electron chi connectivity index (χ4n) is 2.39. The Morgan fingerprint density at radius 2 is 1.90 bits per heavy atom. The summed E-state index contributed by atoms with van der Waals surface area (Å²) in [6.45, 7) is 3.70. The number of ether oxygens (including phenoxy) is 1. The van der Waals surface area contributed by atoms with E-state index in [0.29, 0.717) is 6.42 Å². The molecule has 0 spiro atoms. The number of hydrogen-bond donors (Lipinski definition) is 1. The van der Waals surface area contributed by atoms with Gasteiger partial charge in [0, 0.05) is 5.39 Å². The number of benzene rings is 2. The molecule has 0 saturated carbocycles. The maximum atomic E-state index is 10.6. The predicted octanol–water partition coefficient (Wildman–Crippen LogP) is 3.82. The Kier molecular flexibility index (Phi) is 3.96. The summed E-state index contributed by atoms with van der Waals surface area (Å²) in [5.41, 5.74) is -0.0236. The van der Waals surface area contributed by atoms with E-state index in [9.17, 15) is 10.4 Å². The van der Waals surface area contributed by atoms with E-state index in [-0.39, 0.29) is 0 Å². The summed E-state index contributed by atoms with van der Waals surface area (Å²) in [6.07, 6.45) is -0.237. The lowest BCUT2D eigenvalue weighted by molar-refractivity contribution is 0.0735. The van der Waals surface area contributed by atoms with Gasteiger partial charge in [0.15, 0.2) is 0 Å². The lowest BCUT2D eigenvalue weighted by atomic mass is 9.78. The molecule has 2 rings (SSSR count). The van der Waals surface area contributed by atoms with Gasteiger partial charge in [-0.2, -0.15) is 5.26 Å². The van der Waals surface area contributed by atoms with Crippen LogP contribution in [0.5, 0.6) is 5.75 Å². The smallest absolute Gasteiger partial charge is 0.126 e. The van der Waals surface area contributed by atoms with Gasteiger partial charge in [0.25, 0.3) is 0 Å². The Hall–Kier alpha value is -2.05. The number of aliphatic hydroxyl groups is 1. The van der Waals surface area contributed by atoms with Crippen molar-refractivity contribution >= 4 is 10.8 Å². The van der Waals surface area contributed by atoms with Crippen molar-refractivity contribution in [1.29, 1.82) is 5.26 Å². The molecule has 104 valence electrons. The van der Waals surface area contributed by atoms with E-state index in [4.69, 9.17) is 4.74 Å². The van der Waals surface area contributed by atoms with E-state index >= 15 is 0 Å². The van der Waals surface area contributed by atoms with E-state index in [1.807, 2.05) is 43.3 Å². The average Bonchev–Trinajstić information content (AvgIpc) is 2.52. The fraction of sp³-hybridized carbons (Fsp3) is 0.353. The quantitative estimate of drug-likeness (QED) is 0.918. The lowest BCUT2D eigenvalue weighted by Gasteiger charge is -2.27. The summed E-state index contributed by atoms with van der Waals surface area (Å²) < 4.78 is 5.35. The largest absolute Gasteiger partial charge is 0.496 e. The van der Waals surface area contributed by atoms with Gasteiger partial charge in [-0.15, -0.1) is 0 Å². The van der Waals surface area contributed by atoms with Crippen molar-refractivity contribution in [2.75, 3.05) is 7.11 Å². The normalized spacial score (nSPS) is 15.3. The molecule has 2 aromatic rings. The summed E-state index contributed by atoms with van der Waals surface area (Å²) in [4.78, 5) is 0. The standard InChI is InChI=1S/C17H19NO2/c1-4-17(2,11-18)16(19)14-9-10-15(20-3)13-8-6-5-7-12(13)14/h5-10,16,19H,4H2,1-3H3. The minimum absolute atomic E-state index is 0.588. The molecule has 3 heteroatoms. The van der Waals surface area contributed by atoms with Gasteiger partial charge in [-0.3, -0.25) is 0 Å². The summed E-state index contributed by atoms with van der Waals surface area (Å²) >= 11 is 0. The van der Waals surface area contributed by atoms with Crippen LogP contribution < -0.4 is 4.74 Å². The van der Waals surface area contributed by atoms with Crippen LogP contribution in [0.2, 0.25) is 0 Å². The van der Waals surface area contributed by atoms with Crippen LogP contribution in [0.3, 0.4) is 0 Å². The van der Waals surface area contributed by atoms with Crippen molar-refractivity contribution in [3.8, 4) is 11.8 Å². The molecular formula is C17H19NO2. The fourth-order valence-corrected chi connectivity index (χ4v) is 2.39. The van der Waals surface area contributed by atoms with Crippen molar-refractivity contribution in [1.82, 2.24) is 0 Å². The minimum atomic E-state index is -0.826. The van der Waals surface area contributed by atoms with E-state index in [0.717, 1.165) is 22.1 Å². The second-order valence-corrected chi connectivity index (χ2v) is 5.19. The molecule has 0 aromatic heterocycles. The van der Waals surface area contributed by atoms with E-state index < -0.39 is 11.5 Å². The first-order valence-corrected chi connectivity index (χ1v) is 6.72. The van der Waals surface area contributed by atoms with Crippen molar-refractivity contribution in [3.05, 3.63) is 42.0 Å². The molecule has 2 atom stereocenters. The molecular weight excluding hydrogens is 250 g/mol.